The summed E-state index contributed by atoms with van der Waals surface area (Å²) < 4.78 is 15.7. The number of nitrogens with one attached hydrogen (secondary N) is 2. The monoisotopic (exact) mass is 353 g/mol. The molecule has 0 aliphatic rings. The molecule has 0 aliphatic carbocycles. The number of methoxy groups -OCH3 is 3. The normalized spacial score (nSPS) is 10.3. The van der Waals surface area contributed by atoms with Gasteiger partial charge in [-0.05, 0) is 24.3 Å². The van der Waals surface area contributed by atoms with Crippen molar-refractivity contribution in [3.63, 3.8) is 0 Å². The van der Waals surface area contributed by atoms with Crippen LogP contribution >= 0.6 is 0 Å². The SMILES string of the molecule is COc1ccc(NC(=O)Nc2cc(OC)cc3cccnc23)c(OC)c1. The Morgan fingerprint density at radius 1 is 0.885 bits per heavy atom. The van der Waals surface area contributed by atoms with E-state index in [1.807, 2.05) is 18.2 Å². The Morgan fingerprint density at radius 2 is 1.65 bits per heavy atom. The van der Waals surface area contributed by atoms with Crippen LogP contribution in [0.4, 0.5) is 16.2 Å². The highest BCUT2D eigenvalue weighted by atomic mass is 16.5. The Morgan fingerprint density at radius 3 is 2.38 bits per heavy atom. The number of anilines is 2. The molecule has 0 saturated carbocycles. The second-order valence-corrected chi connectivity index (χ2v) is 5.40. The van der Waals surface area contributed by atoms with Crippen LogP contribution in [0.25, 0.3) is 10.9 Å². The zero-order valence-corrected chi connectivity index (χ0v) is 14.7. The van der Waals surface area contributed by atoms with Crippen molar-refractivity contribution in [2.45, 2.75) is 0 Å². The van der Waals surface area contributed by atoms with E-state index in [4.69, 9.17) is 14.2 Å². The Balaban J connectivity index is 1.86. The Kier molecular flexibility index (Phi) is 5.07. The number of rotatable bonds is 5. The van der Waals surface area contributed by atoms with Crippen LogP contribution in [-0.4, -0.2) is 32.3 Å². The predicted octanol–water partition coefficient (Wildman–Crippen LogP) is 3.90. The lowest BCUT2D eigenvalue weighted by atomic mass is 10.2. The van der Waals surface area contributed by atoms with E-state index in [1.165, 1.54) is 7.11 Å². The van der Waals surface area contributed by atoms with Gasteiger partial charge < -0.3 is 24.8 Å². The van der Waals surface area contributed by atoms with Crippen LogP contribution in [0.1, 0.15) is 0 Å². The first-order chi connectivity index (χ1) is 12.6. The second kappa shape index (κ2) is 7.60. The van der Waals surface area contributed by atoms with Crippen LogP contribution in [0, 0.1) is 0 Å². The van der Waals surface area contributed by atoms with Gasteiger partial charge >= 0.3 is 6.03 Å². The fourth-order valence-electron chi connectivity index (χ4n) is 2.56. The van der Waals surface area contributed by atoms with Gasteiger partial charge in [0.15, 0.2) is 0 Å². The molecular formula is C19H19N3O4. The summed E-state index contributed by atoms with van der Waals surface area (Å²) in [6.07, 6.45) is 1.67. The van der Waals surface area contributed by atoms with Crippen molar-refractivity contribution in [2.75, 3.05) is 32.0 Å². The Hall–Kier alpha value is -3.48. The zero-order chi connectivity index (χ0) is 18.5. The number of fused-ring (bicyclic) bond motifs is 1. The first-order valence-electron chi connectivity index (χ1n) is 7.87. The minimum absolute atomic E-state index is 0.423. The minimum atomic E-state index is -0.423. The summed E-state index contributed by atoms with van der Waals surface area (Å²) in [6, 6.07) is 12.0. The van der Waals surface area contributed by atoms with Crippen molar-refractivity contribution in [3.05, 3.63) is 48.7 Å². The smallest absolute Gasteiger partial charge is 0.323 e. The van der Waals surface area contributed by atoms with Gasteiger partial charge in [-0.15, -0.1) is 0 Å². The highest BCUT2D eigenvalue weighted by Gasteiger charge is 2.12. The first kappa shape index (κ1) is 17.3. The topological polar surface area (TPSA) is 81.7 Å². The highest BCUT2D eigenvalue weighted by Crippen LogP contribution is 2.30. The van der Waals surface area contributed by atoms with Crippen molar-refractivity contribution in [1.29, 1.82) is 0 Å². The van der Waals surface area contributed by atoms with E-state index < -0.39 is 6.03 Å². The van der Waals surface area contributed by atoms with Crippen molar-refractivity contribution in [2.24, 2.45) is 0 Å². The molecule has 0 aliphatic heterocycles. The van der Waals surface area contributed by atoms with Gasteiger partial charge in [-0.2, -0.15) is 0 Å². The third-order valence-electron chi connectivity index (χ3n) is 3.82. The number of urea groups is 1. The van der Waals surface area contributed by atoms with Gasteiger partial charge in [0.2, 0.25) is 0 Å². The predicted molar refractivity (Wildman–Crippen MR) is 100 cm³/mol. The molecule has 2 aromatic carbocycles. The maximum absolute atomic E-state index is 12.5. The summed E-state index contributed by atoms with van der Waals surface area (Å²) in [7, 11) is 4.66. The van der Waals surface area contributed by atoms with Crippen LogP contribution in [0.2, 0.25) is 0 Å². The molecule has 3 rings (SSSR count). The van der Waals surface area contributed by atoms with Crippen LogP contribution in [0.5, 0.6) is 17.2 Å². The Labute approximate surface area is 150 Å². The summed E-state index contributed by atoms with van der Waals surface area (Å²) >= 11 is 0. The summed E-state index contributed by atoms with van der Waals surface area (Å²) in [5.41, 5.74) is 1.74. The molecule has 0 saturated heterocycles. The molecule has 0 spiro atoms. The van der Waals surface area contributed by atoms with E-state index in [0.29, 0.717) is 34.1 Å². The van der Waals surface area contributed by atoms with Gasteiger partial charge in [0, 0.05) is 23.7 Å². The third-order valence-corrected chi connectivity index (χ3v) is 3.82. The van der Waals surface area contributed by atoms with Gasteiger partial charge in [-0.25, -0.2) is 4.79 Å². The van der Waals surface area contributed by atoms with Gasteiger partial charge in [0.1, 0.15) is 17.2 Å². The third kappa shape index (κ3) is 3.61. The lowest BCUT2D eigenvalue weighted by Gasteiger charge is -2.14. The van der Waals surface area contributed by atoms with Crippen molar-refractivity contribution >= 4 is 28.3 Å². The molecule has 26 heavy (non-hydrogen) atoms. The number of aromatic nitrogens is 1. The lowest BCUT2D eigenvalue weighted by Crippen LogP contribution is -2.20. The maximum Gasteiger partial charge on any atom is 0.323 e. The summed E-state index contributed by atoms with van der Waals surface area (Å²) in [5.74, 6) is 1.76. The van der Waals surface area contributed by atoms with Gasteiger partial charge in [-0.3, -0.25) is 4.98 Å². The summed E-state index contributed by atoms with van der Waals surface area (Å²) in [5, 5.41) is 6.44. The molecule has 0 radical (unpaired) electrons. The van der Waals surface area contributed by atoms with E-state index >= 15 is 0 Å². The molecule has 2 amide bonds. The standard InChI is InChI=1S/C19H19N3O4/c1-24-13-6-7-15(17(11-13)26-3)21-19(23)22-16-10-14(25-2)9-12-5-4-8-20-18(12)16/h4-11H,1-3H3,(H2,21,22,23). The molecule has 3 aromatic rings. The quantitative estimate of drug-likeness (QED) is 0.727. The number of carbonyl (C=O) groups excluding carboxylic acids is 1. The van der Waals surface area contributed by atoms with E-state index in [9.17, 15) is 4.79 Å². The summed E-state index contributed by atoms with van der Waals surface area (Å²) in [6.45, 7) is 0. The molecule has 134 valence electrons. The number of amides is 2. The van der Waals surface area contributed by atoms with Gasteiger partial charge in [0.05, 0.1) is 38.2 Å². The molecule has 0 bridgehead atoms. The maximum atomic E-state index is 12.5. The molecule has 1 heterocycles. The van der Waals surface area contributed by atoms with E-state index in [2.05, 4.69) is 15.6 Å². The molecule has 0 fully saturated rings. The van der Waals surface area contributed by atoms with Crippen molar-refractivity contribution in [3.8, 4) is 17.2 Å². The number of benzene rings is 2. The molecule has 7 heteroatoms. The lowest BCUT2D eigenvalue weighted by molar-refractivity contribution is 0.262. The average molecular weight is 353 g/mol. The number of carbonyl (C=O) groups is 1. The molecule has 0 atom stereocenters. The number of hydrogen-bond donors (Lipinski definition) is 2. The average Bonchev–Trinajstić information content (AvgIpc) is 2.68. The highest BCUT2D eigenvalue weighted by molar-refractivity contribution is 6.06. The fraction of sp³-hybridized carbons (Fsp3) is 0.158. The number of nitrogens with zero attached hydrogens (tertiary/aromatic N) is 1. The molecule has 0 unspecified atom stereocenters. The van der Waals surface area contributed by atoms with Gasteiger partial charge in [-0.1, -0.05) is 6.07 Å². The number of ether oxygens (including phenoxy) is 3. The minimum Gasteiger partial charge on any atom is -0.497 e. The molecule has 2 N–H and O–H groups in total. The largest absolute Gasteiger partial charge is 0.497 e. The molecular weight excluding hydrogens is 334 g/mol. The zero-order valence-electron chi connectivity index (χ0n) is 14.7. The summed E-state index contributed by atoms with van der Waals surface area (Å²) in [4.78, 5) is 16.8. The number of pyridine rings is 1. The van der Waals surface area contributed by atoms with Gasteiger partial charge in [0.25, 0.3) is 0 Å². The van der Waals surface area contributed by atoms with Crippen LogP contribution in [0.15, 0.2) is 48.7 Å². The Bertz CT molecular complexity index is 943. The van der Waals surface area contributed by atoms with Crippen LogP contribution in [-0.2, 0) is 0 Å². The molecule has 7 nitrogen and oxygen atoms in total. The van der Waals surface area contributed by atoms with E-state index in [-0.39, 0.29) is 0 Å². The first-order valence-corrected chi connectivity index (χ1v) is 7.87. The fourth-order valence-corrected chi connectivity index (χ4v) is 2.56. The molecule has 1 aromatic heterocycles. The van der Waals surface area contributed by atoms with E-state index in [0.717, 1.165) is 5.39 Å². The van der Waals surface area contributed by atoms with Crippen molar-refractivity contribution < 1.29 is 19.0 Å². The number of hydrogen-bond acceptors (Lipinski definition) is 5. The van der Waals surface area contributed by atoms with E-state index in [1.54, 1.807) is 44.7 Å². The van der Waals surface area contributed by atoms with Crippen molar-refractivity contribution in [1.82, 2.24) is 4.98 Å². The van der Waals surface area contributed by atoms with Crippen LogP contribution < -0.4 is 24.8 Å². The second-order valence-electron chi connectivity index (χ2n) is 5.40. The van der Waals surface area contributed by atoms with Crippen LogP contribution in [0.3, 0.4) is 0 Å².